The summed E-state index contributed by atoms with van der Waals surface area (Å²) in [5.74, 6) is -0.0901. The van der Waals surface area contributed by atoms with E-state index >= 15 is 0 Å². The summed E-state index contributed by atoms with van der Waals surface area (Å²) < 4.78 is 0. The Kier molecular flexibility index (Phi) is 5.51. The summed E-state index contributed by atoms with van der Waals surface area (Å²) >= 11 is 0. The lowest BCUT2D eigenvalue weighted by Crippen LogP contribution is -2.44. The largest absolute Gasteiger partial charge is 0.305 e. The number of nitrogens with zero attached hydrogens (tertiary/aromatic N) is 1. The lowest BCUT2D eigenvalue weighted by atomic mass is 10.1. The third-order valence-corrected chi connectivity index (χ3v) is 4.14. The molecule has 1 aliphatic heterocycles. The predicted molar refractivity (Wildman–Crippen MR) is 82.8 cm³/mol. The summed E-state index contributed by atoms with van der Waals surface area (Å²) in [4.78, 5) is 25.9. The molecule has 2 rings (SSSR count). The van der Waals surface area contributed by atoms with Crippen molar-refractivity contribution < 1.29 is 9.59 Å². The molecule has 1 N–H and O–H groups in total. The van der Waals surface area contributed by atoms with Gasteiger partial charge < -0.3 is 5.32 Å². The van der Waals surface area contributed by atoms with Crippen molar-refractivity contribution in [3.63, 3.8) is 0 Å². The molecule has 0 spiro atoms. The minimum absolute atomic E-state index is 0.0362. The van der Waals surface area contributed by atoms with E-state index < -0.39 is 0 Å². The van der Waals surface area contributed by atoms with E-state index in [0.717, 1.165) is 19.3 Å². The molecule has 0 aromatic heterocycles. The molecule has 1 aromatic carbocycles. The second-order valence-corrected chi connectivity index (χ2v) is 5.52. The van der Waals surface area contributed by atoms with Crippen LogP contribution in [-0.4, -0.2) is 35.3 Å². The zero-order valence-corrected chi connectivity index (χ0v) is 12.8. The van der Waals surface area contributed by atoms with Gasteiger partial charge in [-0.05, 0) is 31.4 Å². The summed E-state index contributed by atoms with van der Waals surface area (Å²) in [5.41, 5.74) is 1.23. The van der Waals surface area contributed by atoms with Gasteiger partial charge in [0.05, 0.1) is 12.5 Å². The molecule has 0 radical (unpaired) electrons. The average molecular weight is 288 g/mol. The Morgan fingerprint density at radius 2 is 1.86 bits per heavy atom. The van der Waals surface area contributed by atoms with Gasteiger partial charge in [-0.1, -0.05) is 44.2 Å². The van der Waals surface area contributed by atoms with E-state index in [-0.39, 0.29) is 23.9 Å². The third-order valence-electron chi connectivity index (χ3n) is 4.14. The molecule has 1 unspecified atom stereocenters. The van der Waals surface area contributed by atoms with Gasteiger partial charge in [-0.15, -0.1) is 0 Å². The SMILES string of the molecule is CCC(CC)N1C(=O)CC(NCCc2ccccc2)C1=O. The van der Waals surface area contributed by atoms with E-state index in [4.69, 9.17) is 0 Å². The van der Waals surface area contributed by atoms with Crippen LogP contribution in [0.2, 0.25) is 0 Å². The van der Waals surface area contributed by atoms with E-state index in [0.29, 0.717) is 13.0 Å². The van der Waals surface area contributed by atoms with Gasteiger partial charge >= 0.3 is 0 Å². The van der Waals surface area contributed by atoms with Crippen molar-refractivity contribution in [3.05, 3.63) is 35.9 Å². The molecule has 1 atom stereocenters. The van der Waals surface area contributed by atoms with Gasteiger partial charge in [0.15, 0.2) is 0 Å². The number of likely N-dealkylation sites (tertiary alicyclic amines) is 1. The fourth-order valence-corrected chi connectivity index (χ4v) is 2.88. The first-order chi connectivity index (χ1) is 10.2. The lowest BCUT2D eigenvalue weighted by molar-refractivity contribution is -0.141. The molecule has 1 aromatic rings. The number of benzene rings is 1. The smallest absolute Gasteiger partial charge is 0.247 e. The van der Waals surface area contributed by atoms with Crippen molar-refractivity contribution in [1.29, 1.82) is 0 Å². The minimum Gasteiger partial charge on any atom is -0.305 e. The Morgan fingerprint density at radius 1 is 1.19 bits per heavy atom. The fraction of sp³-hybridized carbons (Fsp3) is 0.529. The molecule has 1 fully saturated rings. The van der Waals surface area contributed by atoms with Crippen LogP contribution in [0.1, 0.15) is 38.7 Å². The summed E-state index contributed by atoms with van der Waals surface area (Å²) in [6.45, 7) is 4.75. The Bertz CT molecular complexity index is 483. The van der Waals surface area contributed by atoms with Gasteiger partial charge in [-0.25, -0.2) is 0 Å². The number of carbonyl (C=O) groups is 2. The normalized spacial score (nSPS) is 18.8. The van der Waals surface area contributed by atoms with Crippen molar-refractivity contribution in [2.75, 3.05) is 6.54 Å². The molecule has 0 bridgehead atoms. The average Bonchev–Trinajstić information content (AvgIpc) is 2.78. The summed E-state index contributed by atoms with van der Waals surface area (Å²) in [6.07, 6.45) is 2.81. The first kappa shape index (κ1) is 15.7. The molecule has 4 nitrogen and oxygen atoms in total. The number of imide groups is 1. The summed E-state index contributed by atoms with van der Waals surface area (Å²) in [6, 6.07) is 9.85. The highest BCUT2D eigenvalue weighted by molar-refractivity contribution is 6.05. The molecular weight excluding hydrogens is 264 g/mol. The molecule has 4 heteroatoms. The third kappa shape index (κ3) is 3.70. The lowest BCUT2D eigenvalue weighted by Gasteiger charge is -2.24. The van der Waals surface area contributed by atoms with Crippen molar-refractivity contribution in [2.24, 2.45) is 0 Å². The fourth-order valence-electron chi connectivity index (χ4n) is 2.88. The van der Waals surface area contributed by atoms with Crippen LogP contribution in [0.25, 0.3) is 0 Å². The van der Waals surface area contributed by atoms with Crippen molar-refractivity contribution >= 4 is 11.8 Å². The molecule has 1 aliphatic rings. The number of nitrogens with one attached hydrogen (secondary N) is 1. The van der Waals surface area contributed by atoms with Crippen molar-refractivity contribution in [1.82, 2.24) is 10.2 Å². The minimum atomic E-state index is -0.346. The van der Waals surface area contributed by atoms with Gasteiger partial charge in [-0.2, -0.15) is 0 Å². The number of hydrogen-bond acceptors (Lipinski definition) is 3. The molecule has 1 heterocycles. The monoisotopic (exact) mass is 288 g/mol. The van der Waals surface area contributed by atoms with Crippen LogP contribution in [0.4, 0.5) is 0 Å². The molecule has 0 saturated carbocycles. The van der Waals surface area contributed by atoms with Crippen LogP contribution < -0.4 is 5.32 Å². The number of hydrogen-bond donors (Lipinski definition) is 1. The van der Waals surface area contributed by atoms with E-state index in [1.165, 1.54) is 10.5 Å². The topological polar surface area (TPSA) is 49.4 Å². The van der Waals surface area contributed by atoms with E-state index in [1.807, 2.05) is 32.0 Å². The Morgan fingerprint density at radius 3 is 2.48 bits per heavy atom. The molecule has 21 heavy (non-hydrogen) atoms. The number of carbonyl (C=O) groups excluding carboxylic acids is 2. The first-order valence-electron chi connectivity index (χ1n) is 7.80. The highest BCUT2D eigenvalue weighted by Gasteiger charge is 2.40. The standard InChI is InChI=1S/C17H24N2O2/c1-3-14(4-2)19-16(20)12-15(17(19)21)18-11-10-13-8-6-5-7-9-13/h5-9,14-15,18H,3-4,10-12H2,1-2H3. The molecule has 0 aliphatic carbocycles. The van der Waals surface area contributed by atoms with Crippen LogP contribution in [0.15, 0.2) is 30.3 Å². The van der Waals surface area contributed by atoms with Crippen LogP contribution >= 0.6 is 0 Å². The maximum absolute atomic E-state index is 12.4. The quantitative estimate of drug-likeness (QED) is 0.782. The Hall–Kier alpha value is -1.68. The van der Waals surface area contributed by atoms with Crippen LogP contribution in [0, 0.1) is 0 Å². The van der Waals surface area contributed by atoms with Crippen LogP contribution in [0.5, 0.6) is 0 Å². The van der Waals surface area contributed by atoms with Crippen LogP contribution in [0.3, 0.4) is 0 Å². The highest BCUT2D eigenvalue weighted by Crippen LogP contribution is 2.20. The van der Waals surface area contributed by atoms with Gasteiger partial charge in [-0.3, -0.25) is 14.5 Å². The summed E-state index contributed by atoms with van der Waals surface area (Å²) in [5, 5.41) is 3.23. The maximum Gasteiger partial charge on any atom is 0.247 e. The van der Waals surface area contributed by atoms with Gasteiger partial charge in [0.25, 0.3) is 0 Å². The Labute approximate surface area is 126 Å². The molecule has 2 amide bonds. The Balaban J connectivity index is 1.88. The van der Waals surface area contributed by atoms with E-state index in [9.17, 15) is 9.59 Å². The van der Waals surface area contributed by atoms with E-state index in [2.05, 4.69) is 17.4 Å². The van der Waals surface area contributed by atoms with Crippen molar-refractivity contribution in [3.8, 4) is 0 Å². The molecule has 1 saturated heterocycles. The predicted octanol–water partition coefficient (Wildman–Crippen LogP) is 2.13. The van der Waals surface area contributed by atoms with Gasteiger partial charge in [0.2, 0.25) is 11.8 Å². The van der Waals surface area contributed by atoms with Gasteiger partial charge in [0.1, 0.15) is 0 Å². The molecule has 114 valence electrons. The first-order valence-corrected chi connectivity index (χ1v) is 7.80. The van der Waals surface area contributed by atoms with Gasteiger partial charge in [0, 0.05) is 6.04 Å². The van der Waals surface area contributed by atoms with Crippen molar-refractivity contribution in [2.45, 2.75) is 51.6 Å². The van der Waals surface area contributed by atoms with E-state index in [1.54, 1.807) is 0 Å². The number of amides is 2. The highest BCUT2D eigenvalue weighted by atomic mass is 16.2. The summed E-state index contributed by atoms with van der Waals surface area (Å²) in [7, 11) is 0. The number of rotatable bonds is 7. The van der Waals surface area contributed by atoms with Crippen LogP contribution in [-0.2, 0) is 16.0 Å². The second-order valence-electron chi connectivity index (χ2n) is 5.52. The second kappa shape index (κ2) is 7.36. The zero-order valence-electron chi connectivity index (χ0n) is 12.8. The zero-order chi connectivity index (χ0) is 15.2. The maximum atomic E-state index is 12.4. The molecular formula is C17H24N2O2.